The largest absolute Gasteiger partial charge is 0.380 e. The van der Waals surface area contributed by atoms with Crippen molar-refractivity contribution < 1.29 is 4.74 Å². The number of hydrogen-bond donors (Lipinski definition) is 1. The third kappa shape index (κ3) is 3.16. The fraction of sp³-hybridized carbons (Fsp3) is 1.00. The molecule has 0 aromatic carbocycles. The van der Waals surface area contributed by atoms with Crippen LogP contribution >= 0.6 is 0 Å². The summed E-state index contributed by atoms with van der Waals surface area (Å²) in [4.78, 5) is 2.57. The Hall–Kier alpha value is -0.120. The molecule has 0 aromatic rings. The van der Waals surface area contributed by atoms with Crippen molar-refractivity contribution in [3.63, 3.8) is 0 Å². The van der Waals surface area contributed by atoms with Gasteiger partial charge in [0, 0.05) is 38.3 Å². The van der Waals surface area contributed by atoms with E-state index in [-0.39, 0.29) is 0 Å². The molecule has 1 fully saturated rings. The topological polar surface area (TPSA) is 24.5 Å². The first kappa shape index (κ1) is 12.9. The zero-order valence-corrected chi connectivity index (χ0v) is 10.8. The summed E-state index contributed by atoms with van der Waals surface area (Å²) in [7, 11) is 1.79. The molecule has 15 heavy (non-hydrogen) atoms. The molecule has 0 saturated carbocycles. The molecule has 0 spiro atoms. The van der Waals surface area contributed by atoms with E-state index in [9.17, 15) is 0 Å². The summed E-state index contributed by atoms with van der Waals surface area (Å²) in [5.41, 5.74) is 0.291. The zero-order valence-electron chi connectivity index (χ0n) is 10.8. The van der Waals surface area contributed by atoms with E-state index in [1.165, 1.54) is 6.42 Å². The zero-order chi connectivity index (χ0) is 11.5. The van der Waals surface area contributed by atoms with Crippen molar-refractivity contribution in [1.29, 1.82) is 0 Å². The summed E-state index contributed by atoms with van der Waals surface area (Å²) in [5, 5.41) is 3.56. The second kappa shape index (κ2) is 5.28. The van der Waals surface area contributed by atoms with Gasteiger partial charge in [-0.25, -0.2) is 0 Å². The van der Waals surface area contributed by atoms with Crippen molar-refractivity contribution in [1.82, 2.24) is 10.2 Å². The van der Waals surface area contributed by atoms with E-state index in [0.29, 0.717) is 17.7 Å². The van der Waals surface area contributed by atoms with E-state index in [0.717, 1.165) is 19.6 Å². The molecule has 1 rings (SSSR count). The van der Waals surface area contributed by atoms with Crippen molar-refractivity contribution in [3.05, 3.63) is 0 Å². The summed E-state index contributed by atoms with van der Waals surface area (Å²) >= 11 is 0. The van der Waals surface area contributed by atoms with Gasteiger partial charge >= 0.3 is 0 Å². The molecule has 3 atom stereocenters. The molecule has 3 nitrogen and oxygen atoms in total. The van der Waals surface area contributed by atoms with Gasteiger partial charge in [0.15, 0.2) is 0 Å². The van der Waals surface area contributed by atoms with Crippen LogP contribution in [0.3, 0.4) is 0 Å². The van der Waals surface area contributed by atoms with Crippen LogP contribution in [0.15, 0.2) is 0 Å². The van der Waals surface area contributed by atoms with Gasteiger partial charge in [-0.2, -0.15) is 0 Å². The van der Waals surface area contributed by atoms with Gasteiger partial charge < -0.3 is 10.1 Å². The van der Waals surface area contributed by atoms with Crippen LogP contribution in [0.2, 0.25) is 0 Å². The van der Waals surface area contributed by atoms with Crippen LogP contribution in [0.1, 0.15) is 34.1 Å². The molecule has 1 aliphatic heterocycles. The first-order valence-electron chi connectivity index (χ1n) is 6.03. The molecule has 0 aliphatic carbocycles. The molecule has 0 bridgehead atoms. The van der Waals surface area contributed by atoms with Gasteiger partial charge in [0.2, 0.25) is 0 Å². The summed E-state index contributed by atoms with van der Waals surface area (Å²) < 4.78 is 5.36. The van der Waals surface area contributed by atoms with Crippen molar-refractivity contribution in [2.75, 3.05) is 26.7 Å². The molecular weight excluding hydrogens is 188 g/mol. The average Bonchev–Trinajstić information content (AvgIpc) is 2.23. The Morgan fingerprint density at radius 2 is 2.27 bits per heavy atom. The first-order valence-corrected chi connectivity index (χ1v) is 6.03. The molecular formula is C12H26N2O. The van der Waals surface area contributed by atoms with E-state index in [1.54, 1.807) is 7.11 Å². The Kier molecular flexibility index (Phi) is 4.56. The van der Waals surface area contributed by atoms with Crippen molar-refractivity contribution in [2.45, 2.75) is 51.8 Å². The minimum absolute atomic E-state index is 0.291. The van der Waals surface area contributed by atoms with E-state index in [2.05, 4.69) is 37.9 Å². The first-order chi connectivity index (χ1) is 7.01. The second-order valence-electron chi connectivity index (χ2n) is 5.08. The summed E-state index contributed by atoms with van der Waals surface area (Å²) in [5.74, 6) is 0. The van der Waals surface area contributed by atoms with E-state index in [4.69, 9.17) is 4.74 Å². The molecule has 0 radical (unpaired) electrons. The quantitative estimate of drug-likeness (QED) is 0.767. The number of nitrogens with one attached hydrogen (secondary N) is 1. The normalized spacial score (nSPS) is 35.4. The van der Waals surface area contributed by atoms with Gasteiger partial charge in [-0.1, -0.05) is 6.92 Å². The van der Waals surface area contributed by atoms with Gasteiger partial charge in [0.05, 0.1) is 6.10 Å². The molecule has 0 amide bonds. The van der Waals surface area contributed by atoms with Gasteiger partial charge in [0.1, 0.15) is 0 Å². The lowest BCUT2D eigenvalue weighted by molar-refractivity contribution is 0.000793. The highest BCUT2D eigenvalue weighted by Gasteiger charge is 2.35. The molecule has 1 N–H and O–H groups in total. The maximum Gasteiger partial charge on any atom is 0.0670 e. The number of ether oxygens (including phenoxy) is 1. The van der Waals surface area contributed by atoms with Gasteiger partial charge in [-0.3, -0.25) is 4.90 Å². The molecule has 3 unspecified atom stereocenters. The van der Waals surface area contributed by atoms with Gasteiger partial charge in [-0.05, 0) is 27.2 Å². The highest BCUT2D eigenvalue weighted by atomic mass is 16.5. The van der Waals surface area contributed by atoms with Gasteiger partial charge in [0.25, 0.3) is 0 Å². The third-order valence-electron chi connectivity index (χ3n) is 3.73. The predicted molar refractivity (Wildman–Crippen MR) is 64.2 cm³/mol. The molecule has 1 aliphatic rings. The van der Waals surface area contributed by atoms with Crippen molar-refractivity contribution >= 4 is 0 Å². The van der Waals surface area contributed by atoms with Crippen molar-refractivity contribution in [2.24, 2.45) is 0 Å². The Balaban J connectivity index is 2.62. The Labute approximate surface area is 94.2 Å². The highest BCUT2D eigenvalue weighted by Crippen LogP contribution is 2.23. The lowest BCUT2D eigenvalue weighted by Crippen LogP contribution is -2.63. The fourth-order valence-electron chi connectivity index (χ4n) is 2.15. The minimum Gasteiger partial charge on any atom is -0.380 e. The SMILES string of the molecule is CCC1(C)CNC(C)CN1CC(C)OC. The maximum absolute atomic E-state index is 5.36. The Morgan fingerprint density at radius 1 is 1.60 bits per heavy atom. The monoisotopic (exact) mass is 214 g/mol. The van der Waals surface area contributed by atoms with Crippen LogP contribution in [0.25, 0.3) is 0 Å². The molecule has 1 heterocycles. The standard InChI is InChI=1S/C12H26N2O/c1-6-12(4)9-13-10(2)7-14(12)8-11(3)15-5/h10-11,13H,6-9H2,1-5H3. The van der Waals surface area contributed by atoms with Crippen molar-refractivity contribution in [3.8, 4) is 0 Å². The average molecular weight is 214 g/mol. The van der Waals surface area contributed by atoms with Crippen LogP contribution in [0.5, 0.6) is 0 Å². The number of piperazine rings is 1. The summed E-state index contributed by atoms with van der Waals surface area (Å²) in [6.45, 7) is 12.2. The predicted octanol–water partition coefficient (Wildman–Crippen LogP) is 1.48. The van der Waals surface area contributed by atoms with E-state index < -0.39 is 0 Å². The van der Waals surface area contributed by atoms with Crippen LogP contribution < -0.4 is 5.32 Å². The molecule has 0 aromatic heterocycles. The van der Waals surface area contributed by atoms with Crippen LogP contribution in [0, 0.1) is 0 Å². The number of nitrogens with zero attached hydrogens (tertiary/aromatic N) is 1. The van der Waals surface area contributed by atoms with Crippen LogP contribution in [-0.2, 0) is 4.74 Å². The summed E-state index contributed by atoms with van der Waals surface area (Å²) in [6.07, 6.45) is 1.50. The highest BCUT2D eigenvalue weighted by molar-refractivity contribution is 4.94. The summed E-state index contributed by atoms with van der Waals surface area (Å²) in [6, 6.07) is 0.591. The smallest absolute Gasteiger partial charge is 0.0670 e. The lowest BCUT2D eigenvalue weighted by atomic mass is 9.92. The maximum atomic E-state index is 5.36. The Bertz CT molecular complexity index is 198. The van der Waals surface area contributed by atoms with E-state index >= 15 is 0 Å². The Morgan fingerprint density at radius 3 is 2.80 bits per heavy atom. The van der Waals surface area contributed by atoms with E-state index in [1.807, 2.05) is 0 Å². The fourth-order valence-corrected chi connectivity index (χ4v) is 2.15. The molecule has 90 valence electrons. The number of rotatable bonds is 4. The van der Waals surface area contributed by atoms with Crippen LogP contribution in [-0.4, -0.2) is 49.3 Å². The van der Waals surface area contributed by atoms with Gasteiger partial charge in [-0.15, -0.1) is 0 Å². The third-order valence-corrected chi connectivity index (χ3v) is 3.73. The minimum atomic E-state index is 0.291. The molecule has 1 saturated heterocycles. The number of hydrogen-bond acceptors (Lipinski definition) is 3. The number of methoxy groups -OCH3 is 1. The lowest BCUT2D eigenvalue weighted by Gasteiger charge is -2.48. The second-order valence-corrected chi connectivity index (χ2v) is 5.08. The van der Waals surface area contributed by atoms with Crippen LogP contribution in [0.4, 0.5) is 0 Å². The molecule has 3 heteroatoms.